The van der Waals surface area contributed by atoms with E-state index in [1.54, 1.807) is 25.1 Å². The number of carbonyl (C=O) groups is 3. The summed E-state index contributed by atoms with van der Waals surface area (Å²) in [5, 5.41) is 22.6. The predicted molar refractivity (Wildman–Crippen MR) is 93.1 cm³/mol. The highest BCUT2D eigenvalue weighted by atomic mass is 79.9. The Labute approximate surface area is 171 Å². The summed E-state index contributed by atoms with van der Waals surface area (Å²) in [7, 11) is 0. The van der Waals surface area contributed by atoms with Crippen molar-refractivity contribution in [1.82, 2.24) is 5.43 Å². The second-order valence-corrected chi connectivity index (χ2v) is 5.28. The minimum Gasteiger partial charge on any atom is -1.00 e. The molecule has 0 aliphatic rings. The van der Waals surface area contributed by atoms with E-state index in [1.807, 2.05) is 0 Å². The number of halogens is 1. The molecule has 0 aliphatic heterocycles. The Kier molecular flexibility index (Phi) is 8.76. The van der Waals surface area contributed by atoms with E-state index < -0.39 is 23.9 Å². The fourth-order valence-electron chi connectivity index (χ4n) is 2.15. The summed E-state index contributed by atoms with van der Waals surface area (Å²) in [4.78, 5) is 35.1. The van der Waals surface area contributed by atoms with Gasteiger partial charge in [0.1, 0.15) is 5.75 Å². The molecule has 0 saturated heterocycles. The largest absolute Gasteiger partial charge is 1.00 e. The van der Waals surface area contributed by atoms with Gasteiger partial charge < -0.3 is 31.9 Å². The SMILES string of the molecule is CCOC(=O)C(C(=O)O)[n+]1ccc(C(=O)N/N=C/c2ccccc2O)cc1.[Br-]. The van der Waals surface area contributed by atoms with Crippen LogP contribution in [0.1, 0.15) is 28.9 Å². The van der Waals surface area contributed by atoms with Crippen molar-refractivity contribution in [2.24, 2.45) is 5.10 Å². The van der Waals surface area contributed by atoms with E-state index in [0.29, 0.717) is 5.56 Å². The van der Waals surface area contributed by atoms with Crippen molar-refractivity contribution in [1.29, 1.82) is 0 Å². The Morgan fingerprint density at radius 1 is 1.21 bits per heavy atom. The Morgan fingerprint density at radius 3 is 2.43 bits per heavy atom. The number of para-hydroxylation sites is 1. The molecule has 9 nitrogen and oxygen atoms in total. The fourth-order valence-corrected chi connectivity index (χ4v) is 2.15. The van der Waals surface area contributed by atoms with Crippen LogP contribution >= 0.6 is 0 Å². The fraction of sp³-hybridized carbons (Fsp3) is 0.167. The standard InChI is InChI=1S/C18H17N3O6.BrH/c1-2-27-18(26)15(17(24)25)21-9-7-12(8-10-21)16(23)20-19-11-13-5-3-4-6-14(13)22;/h3-11,15H,2H2,1H3,(H2,23,24,25);1H. The first kappa shape index (κ1) is 22.8. The molecule has 0 saturated carbocycles. The molecule has 10 heteroatoms. The molecule has 28 heavy (non-hydrogen) atoms. The maximum absolute atomic E-state index is 12.1. The molecule has 148 valence electrons. The number of aromatic nitrogens is 1. The van der Waals surface area contributed by atoms with Gasteiger partial charge in [0.2, 0.25) is 0 Å². The number of carboxylic acid groups (broad SMARTS) is 1. The third kappa shape index (κ3) is 5.88. The third-order valence-corrected chi connectivity index (χ3v) is 3.46. The number of carbonyl (C=O) groups excluding carboxylic acids is 2. The van der Waals surface area contributed by atoms with Gasteiger partial charge in [0, 0.05) is 17.7 Å². The van der Waals surface area contributed by atoms with Gasteiger partial charge in [0.25, 0.3) is 5.91 Å². The lowest BCUT2D eigenvalue weighted by atomic mass is 10.2. The molecule has 1 aromatic heterocycles. The zero-order chi connectivity index (χ0) is 19.8. The molecule has 2 aromatic rings. The number of esters is 1. The zero-order valence-corrected chi connectivity index (χ0v) is 16.4. The van der Waals surface area contributed by atoms with Crippen molar-refractivity contribution < 1.29 is 50.9 Å². The summed E-state index contributed by atoms with van der Waals surface area (Å²) in [6.45, 7) is 1.63. The lowest BCUT2D eigenvalue weighted by Crippen LogP contribution is -3.00. The number of nitrogens with zero attached hydrogens (tertiary/aromatic N) is 2. The Bertz CT molecular complexity index is 870. The minimum absolute atomic E-state index is 0. The van der Waals surface area contributed by atoms with Gasteiger partial charge in [-0.15, -0.1) is 0 Å². The van der Waals surface area contributed by atoms with Gasteiger partial charge in [-0.25, -0.2) is 15.0 Å². The molecule has 0 fully saturated rings. The number of aromatic hydroxyl groups is 1. The van der Waals surface area contributed by atoms with Crippen LogP contribution in [0.2, 0.25) is 0 Å². The summed E-state index contributed by atoms with van der Waals surface area (Å²) in [5.74, 6) is -2.80. The van der Waals surface area contributed by atoms with Crippen molar-refractivity contribution in [2.45, 2.75) is 13.0 Å². The molecule has 1 heterocycles. The molecule has 1 aromatic carbocycles. The van der Waals surface area contributed by atoms with Crippen LogP contribution in [-0.4, -0.2) is 40.9 Å². The van der Waals surface area contributed by atoms with Gasteiger partial charge in [-0.05, 0) is 19.1 Å². The van der Waals surface area contributed by atoms with Gasteiger partial charge >= 0.3 is 18.0 Å². The first-order chi connectivity index (χ1) is 12.9. The van der Waals surface area contributed by atoms with Crippen LogP contribution in [0, 0.1) is 0 Å². The third-order valence-electron chi connectivity index (χ3n) is 3.46. The van der Waals surface area contributed by atoms with Crippen LogP contribution in [0.3, 0.4) is 0 Å². The highest BCUT2D eigenvalue weighted by Gasteiger charge is 2.37. The first-order valence-electron chi connectivity index (χ1n) is 7.95. The number of hydrogen-bond donors (Lipinski definition) is 3. The van der Waals surface area contributed by atoms with Crippen LogP contribution in [0.5, 0.6) is 5.75 Å². The van der Waals surface area contributed by atoms with Crippen molar-refractivity contribution in [3.8, 4) is 5.75 Å². The lowest BCUT2D eigenvalue weighted by Gasteiger charge is -2.07. The normalized spacial score (nSPS) is 11.3. The lowest BCUT2D eigenvalue weighted by molar-refractivity contribution is -0.699. The van der Waals surface area contributed by atoms with E-state index in [2.05, 4.69) is 10.5 Å². The molecule has 0 aliphatic carbocycles. The smallest absolute Gasteiger partial charge is 0.388 e. The van der Waals surface area contributed by atoms with E-state index in [1.165, 1.54) is 36.8 Å². The Balaban J connectivity index is 0.00000392. The molecule has 3 N–H and O–H groups in total. The summed E-state index contributed by atoms with van der Waals surface area (Å²) in [5.41, 5.74) is 2.93. The number of phenolic OH excluding ortho intramolecular Hbond substituents is 1. The van der Waals surface area contributed by atoms with Crippen LogP contribution in [0.4, 0.5) is 0 Å². The zero-order valence-electron chi connectivity index (χ0n) is 14.8. The van der Waals surface area contributed by atoms with Crippen LogP contribution < -0.4 is 27.0 Å². The maximum atomic E-state index is 12.1. The minimum atomic E-state index is -1.54. The highest BCUT2D eigenvalue weighted by Crippen LogP contribution is 2.12. The second-order valence-electron chi connectivity index (χ2n) is 5.28. The van der Waals surface area contributed by atoms with E-state index in [-0.39, 0.29) is 34.9 Å². The molecule has 1 atom stereocenters. The number of nitrogens with one attached hydrogen (secondary N) is 1. The topological polar surface area (TPSA) is 129 Å². The van der Waals surface area contributed by atoms with Gasteiger partial charge in [-0.1, -0.05) is 12.1 Å². The van der Waals surface area contributed by atoms with E-state index in [0.717, 1.165) is 4.57 Å². The van der Waals surface area contributed by atoms with Gasteiger partial charge in [0.15, 0.2) is 12.4 Å². The van der Waals surface area contributed by atoms with E-state index in [9.17, 15) is 24.6 Å². The van der Waals surface area contributed by atoms with Crippen LogP contribution in [-0.2, 0) is 14.3 Å². The number of hydrogen-bond acceptors (Lipinski definition) is 6. The number of aliphatic carboxylic acids is 1. The molecule has 1 amide bonds. The summed E-state index contributed by atoms with van der Waals surface area (Å²) >= 11 is 0. The number of benzene rings is 1. The average molecular weight is 452 g/mol. The number of amides is 1. The summed E-state index contributed by atoms with van der Waals surface area (Å²) in [6, 6.07) is 7.63. The summed E-state index contributed by atoms with van der Waals surface area (Å²) in [6.07, 6.45) is 3.87. The van der Waals surface area contributed by atoms with E-state index in [4.69, 9.17) is 4.74 Å². The van der Waals surface area contributed by atoms with Crippen LogP contribution in [0.25, 0.3) is 0 Å². The molecular formula is C18H18BrN3O6. The van der Waals surface area contributed by atoms with E-state index >= 15 is 0 Å². The van der Waals surface area contributed by atoms with Gasteiger partial charge in [-0.3, -0.25) is 4.79 Å². The molecule has 0 bridgehead atoms. The Hall–Kier alpha value is -3.27. The number of ether oxygens (including phenoxy) is 1. The number of pyridine rings is 1. The van der Waals surface area contributed by atoms with Gasteiger partial charge in [0.05, 0.1) is 18.4 Å². The van der Waals surface area contributed by atoms with Crippen molar-refractivity contribution in [2.75, 3.05) is 6.61 Å². The number of carboxylic acids is 1. The second kappa shape index (κ2) is 10.8. The van der Waals surface area contributed by atoms with Gasteiger partial charge in [-0.2, -0.15) is 9.67 Å². The van der Waals surface area contributed by atoms with Crippen molar-refractivity contribution in [3.05, 3.63) is 59.9 Å². The highest BCUT2D eigenvalue weighted by molar-refractivity contribution is 5.95. The molecular weight excluding hydrogens is 434 g/mol. The summed E-state index contributed by atoms with van der Waals surface area (Å²) < 4.78 is 5.87. The average Bonchev–Trinajstić information content (AvgIpc) is 2.64. The predicted octanol–water partition coefficient (Wildman–Crippen LogP) is -2.36. The molecule has 2 rings (SSSR count). The molecule has 0 radical (unpaired) electrons. The molecule has 1 unspecified atom stereocenters. The van der Waals surface area contributed by atoms with Crippen molar-refractivity contribution in [3.63, 3.8) is 0 Å². The number of hydrazone groups is 1. The monoisotopic (exact) mass is 451 g/mol. The molecule has 0 spiro atoms. The first-order valence-corrected chi connectivity index (χ1v) is 7.95. The quantitative estimate of drug-likeness (QED) is 0.142. The Morgan fingerprint density at radius 2 is 1.86 bits per heavy atom. The van der Waals surface area contributed by atoms with Crippen LogP contribution in [0.15, 0.2) is 53.9 Å². The number of rotatable bonds is 7. The van der Waals surface area contributed by atoms with Crippen molar-refractivity contribution >= 4 is 24.1 Å². The number of phenols is 1. The maximum Gasteiger partial charge on any atom is 0.388 e.